The van der Waals surface area contributed by atoms with Crippen LogP contribution in [0.5, 0.6) is 0 Å². The number of aliphatic hydroxyl groups is 3. The van der Waals surface area contributed by atoms with E-state index in [0.717, 1.165) is 76.2 Å². The molecular formula is C37H66O7. The molecule has 0 amide bonds. The highest BCUT2D eigenvalue weighted by Crippen LogP contribution is 2.31. The molecular weight excluding hydrogens is 556 g/mol. The van der Waals surface area contributed by atoms with Gasteiger partial charge in [-0.2, -0.15) is 0 Å². The predicted octanol–water partition coefficient (Wildman–Crippen LogP) is 7.86. The van der Waals surface area contributed by atoms with Gasteiger partial charge < -0.3 is 29.5 Å². The van der Waals surface area contributed by atoms with Gasteiger partial charge in [-0.25, -0.2) is 4.79 Å². The summed E-state index contributed by atoms with van der Waals surface area (Å²) in [4.78, 5) is 11.7. The second-order valence-corrected chi connectivity index (χ2v) is 14.0. The predicted molar refractivity (Wildman–Crippen MR) is 175 cm³/mol. The fraction of sp³-hybridized carbons (Fsp3) is 0.919. The first-order chi connectivity index (χ1) is 21.4. The second kappa shape index (κ2) is 21.7. The Balaban J connectivity index is 1.15. The van der Waals surface area contributed by atoms with E-state index >= 15 is 0 Å². The number of esters is 1. The van der Waals surface area contributed by atoms with Crippen molar-refractivity contribution in [3.05, 3.63) is 11.6 Å². The lowest BCUT2D eigenvalue weighted by molar-refractivity contribution is -0.139. The van der Waals surface area contributed by atoms with Gasteiger partial charge in [0.25, 0.3) is 0 Å². The maximum Gasteiger partial charge on any atom is 0.334 e. The SMILES string of the molecule is CCCCCCCCCC[C@H](O)[C@H]1CC[C@H]([C@H](O)CC[C@H](O)[C@@H]2CCC(CCCCCCCCCC3=CC(C)OC3=O)O2)O1. The molecule has 3 rings (SSSR count). The quantitative estimate of drug-likeness (QED) is 0.0703. The molecule has 0 aromatic rings. The van der Waals surface area contributed by atoms with Crippen LogP contribution in [0.3, 0.4) is 0 Å². The van der Waals surface area contributed by atoms with Gasteiger partial charge in [-0.3, -0.25) is 0 Å². The highest BCUT2D eigenvalue weighted by atomic mass is 16.5. The molecule has 8 atom stereocenters. The van der Waals surface area contributed by atoms with Crippen LogP contribution in [0, 0.1) is 0 Å². The molecule has 7 nitrogen and oxygen atoms in total. The van der Waals surface area contributed by atoms with Crippen molar-refractivity contribution in [3.8, 4) is 0 Å². The van der Waals surface area contributed by atoms with E-state index in [1.165, 1.54) is 70.6 Å². The van der Waals surface area contributed by atoms with Crippen LogP contribution in [0.25, 0.3) is 0 Å². The molecule has 0 aromatic heterocycles. The molecule has 0 aliphatic carbocycles. The third-order valence-corrected chi connectivity index (χ3v) is 10.1. The van der Waals surface area contributed by atoms with Crippen molar-refractivity contribution in [1.29, 1.82) is 0 Å². The molecule has 7 heteroatoms. The summed E-state index contributed by atoms with van der Waals surface area (Å²) >= 11 is 0. The van der Waals surface area contributed by atoms with Crippen LogP contribution in [-0.4, -0.2) is 70.1 Å². The van der Waals surface area contributed by atoms with Crippen LogP contribution < -0.4 is 0 Å². The minimum atomic E-state index is -0.609. The Labute approximate surface area is 268 Å². The van der Waals surface area contributed by atoms with Crippen molar-refractivity contribution in [1.82, 2.24) is 0 Å². The van der Waals surface area contributed by atoms with Gasteiger partial charge in [0.1, 0.15) is 6.10 Å². The molecule has 3 aliphatic heterocycles. The van der Waals surface area contributed by atoms with Crippen LogP contribution in [0.2, 0.25) is 0 Å². The zero-order valence-corrected chi connectivity index (χ0v) is 28.1. The van der Waals surface area contributed by atoms with E-state index < -0.39 is 18.3 Å². The van der Waals surface area contributed by atoms with E-state index in [0.29, 0.717) is 12.8 Å². The molecule has 0 aromatic carbocycles. The molecule has 0 radical (unpaired) electrons. The molecule has 0 bridgehead atoms. The van der Waals surface area contributed by atoms with Crippen molar-refractivity contribution in [2.75, 3.05) is 0 Å². The van der Waals surface area contributed by atoms with Gasteiger partial charge in [0, 0.05) is 5.57 Å². The first-order valence-electron chi connectivity index (χ1n) is 18.6. The fourth-order valence-electron chi connectivity index (χ4n) is 7.26. The molecule has 2 unspecified atom stereocenters. The minimum Gasteiger partial charge on any atom is -0.455 e. The highest BCUT2D eigenvalue weighted by Gasteiger charge is 2.36. The topological polar surface area (TPSA) is 105 Å². The fourth-order valence-corrected chi connectivity index (χ4v) is 7.26. The number of carbonyl (C=O) groups excluding carboxylic acids is 1. The third kappa shape index (κ3) is 14.2. The molecule has 0 saturated carbocycles. The van der Waals surface area contributed by atoms with Gasteiger partial charge in [-0.1, -0.05) is 96.8 Å². The summed E-state index contributed by atoms with van der Waals surface area (Å²) in [7, 11) is 0. The lowest BCUT2D eigenvalue weighted by atomic mass is 9.98. The second-order valence-electron chi connectivity index (χ2n) is 14.0. The molecule has 44 heavy (non-hydrogen) atoms. The van der Waals surface area contributed by atoms with Gasteiger partial charge in [0.05, 0.1) is 42.7 Å². The summed E-state index contributed by atoms with van der Waals surface area (Å²) in [6.07, 6.45) is 25.4. The summed E-state index contributed by atoms with van der Waals surface area (Å²) in [6.45, 7) is 4.15. The minimum absolute atomic E-state index is 0.0617. The summed E-state index contributed by atoms with van der Waals surface area (Å²) in [5.74, 6) is -0.133. The molecule has 3 heterocycles. The molecule has 256 valence electrons. The number of unbranched alkanes of at least 4 members (excludes halogenated alkanes) is 13. The summed E-state index contributed by atoms with van der Waals surface area (Å²) in [6, 6.07) is 0. The lowest BCUT2D eigenvalue weighted by Crippen LogP contribution is -2.33. The normalized spacial score (nSPS) is 27.4. The van der Waals surface area contributed by atoms with Gasteiger partial charge >= 0.3 is 5.97 Å². The highest BCUT2D eigenvalue weighted by molar-refractivity contribution is 5.90. The van der Waals surface area contributed by atoms with E-state index in [-0.39, 0.29) is 36.5 Å². The molecule has 2 fully saturated rings. The van der Waals surface area contributed by atoms with Crippen LogP contribution in [-0.2, 0) is 19.0 Å². The van der Waals surface area contributed by atoms with E-state index in [2.05, 4.69) is 6.92 Å². The van der Waals surface area contributed by atoms with Gasteiger partial charge in [0.2, 0.25) is 0 Å². The zero-order valence-electron chi connectivity index (χ0n) is 28.1. The number of hydrogen-bond acceptors (Lipinski definition) is 7. The van der Waals surface area contributed by atoms with Crippen molar-refractivity contribution in [2.45, 2.75) is 217 Å². The van der Waals surface area contributed by atoms with Gasteiger partial charge in [-0.15, -0.1) is 0 Å². The Morgan fingerprint density at radius 2 is 1.16 bits per heavy atom. The average molecular weight is 623 g/mol. The Bertz CT molecular complexity index is 801. The number of rotatable bonds is 25. The van der Waals surface area contributed by atoms with Crippen LogP contribution in [0.4, 0.5) is 0 Å². The first kappa shape index (κ1) is 37.5. The van der Waals surface area contributed by atoms with E-state index in [1.54, 1.807) is 0 Å². The van der Waals surface area contributed by atoms with Crippen molar-refractivity contribution in [2.24, 2.45) is 0 Å². The van der Waals surface area contributed by atoms with Crippen LogP contribution in [0.1, 0.15) is 168 Å². The van der Waals surface area contributed by atoms with Gasteiger partial charge in [-0.05, 0) is 77.2 Å². The maximum atomic E-state index is 11.7. The number of hydrogen-bond donors (Lipinski definition) is 3. The molecule has 0 spiro atoms. The third-order valence-electron chi connectivity index (χ3n) is 10.1. The Kier molecular flexibility index (Phi) is 18.5. The van der Waals surface area contributed by atoms with E-state index in [9.17, 15) is 20.1 Å². The van der Waals surface area contributed by atoms with E-state index in [1.807, 2.05) is 13.0 Å². The summed E-state index contributed by atoms with van der Waals surface area (Å²) < 4.78 is 17.4. The van der Waals surface area contributed by atoms with Crippen molar-refractivity contribution >= 4 is 5.97 Å². The lowest BCUT2D eigenvalue weighted by Gasteiger charge is -2.24. The number of cyclic esters (lactones) is 1. The number of aliphatic hydroxyl groups excluding tert-OH is 3. The molecule has 3 aliphatic rings. The first-order valence-corrected chi connectivity index (χ1v) is 18.6. The Morgan fingerprint density at radius 3 is 1.75 bits per heavy atom. The van der Waals surface area contributed by atoms with Crippen LogP contribution >= 0.6 is 0 Å². The standard InChI is InChI=1S/C37H66O7/c1-3-4-5-6-7-11-14-17-20-31(38)35-25-26-36(44-35)33(40)23-22-32(39)34-24-21-30(43-34)19-16-13-10-8-9-12-15-18-29-27-28(2)42-37(29)41/h27-28,30-36,38-40H,3-26H2,1-2H3/t28?,30?,31-,32-,33+,34-,35+,36+/m0/s1. The van der Waals surface area contributed by atoms with Gasteiger partial charge in [0.15, 0.2) is 0 Å². The van der Waals surface area contributed by atoms with E-state index in [4.69, 9.17) is 14.2 Å². The monoisotopic (exact) mass is 622 g/mol. The Morgan fingerprint density at radius 1 is 0.659 bits per heavy atom. The Hall–Kier alpha value is -0.990. The summed E-state index contributed by atoms with van der Waals surface area (Å²) in [5.41, 5.74) is 0.852. The van der Waals surface area contributed by atoms with Crippen LogP contribution in [0.15, 0.2) is 11.6 Å². The molecule has 3 N–H and O–H groups in total. The number of carbonyl (C=O) groups is 1. The zero-order chi connectivity index (χ0) is 31.6. The molecule has 2 saturated heterocycles. The number of ether oxygens (including phenoxy) is 3. The maximum absolute atomic E-state index is 11.7. The van der Waals surface area contributed by atoms with Crippen molar-refractivity contribution in [3.63, 3.8) is 0 Å². The average Bonchev–Trinajstić information content (AvgIpc) is 3.76. The summed E-state index contributed by atoms with van der Waals surface area (Å²) in [5, 5.41) is 32.1. The smallest absolute Gasteiger partial charge is 0.334 e. The van der Waals surface area contributed by atoms with Crippen molar-refractivity contribution < 1.29 is 34.3 Å². The largest absolute Gasteiger partial charge is 0.455 e.